The molecule has 2 rings (SSSR count). The van der Waals surface area contributed by atoms with E-state index in [1.807, 2.05) is 0 Å². The van der Waals surface area contributed by atoms with Crippen molar-refractivity contribution in [1.29, 1.82) is 0 Å². The van der Waals surface area contributed by atoms with E-state index in [0.29, 0.717) is 11.8 Å². The molecule has 1 aliphatic carbocycles. The first kappa shape index (κ1) is 12.9. The molecule has 0 aromatic carbocycles. The van der Waals surface area contributed by atoms with Crippen molar-refractivity contribution in [2.24, 2.45) is 11.8 Å². The fourth-order valence-electron chi connectivity index (χ4n) is 2.95. The number of aromatic carboxylic acids is 1. The van der Waals surface area contributed by atoms with Crippen LogP contribution >= 0.6 is 0 Å². The van der Waals surface area contributed by atoms with Gasteiger partial charge in [-0.2, -0.15) is 0 Å². The highest BCUT2D eigenvalue weighted by molar-refractivity contribution is 5.87. The second kappa shape index (κ2) is 4.96. The number of hydrogen-bond donors (Lipinski definition) is 1. The third-order valence-electron chi connectivity index (χ3n) is 3.93. The van der Waals surface area contributed by atoms with Gasteiger partial charge >= 0.3 is 5.97 Å². The fraction of sp³-hybridized carbons (Fsp3) is 0.571. The van der Waals surface area contributed by atoms with Gasteiger partial charge in [0.1, 0.15) is 0 Å². The number of carboxylic acid groups (broad SMARTS) is 1. The minimum absolute atomic E-state index is 0.105. The van der Waals surface area contributed by atoms with E-state index in [1.54, 1.807) is 4.57 Å². The van der Waals surface area contributed by atoms with Gasteiger partial charge in [-0.3, -0.25) is 4.79 Å². The Kier molecular flexibility index (Phi) is 3.55. The van der Waals surface area contributed by atoms with Crippen molar-refractivity contribution in [2.45, 2.75) is 39.2 Å². The molecule has 1 aromatic heterocycles. The molecule has 0 bridgehead atoms. The Morgan fingerprint density at radius 1 is 1.33 bits per heavy atom. The predicted octanol–water partition coefficient (Wildman–Crippen LogP) is 2.54. The summed E-state index contributed by atoms with van der Waals surface area (Å²) in [6.45, 7) is 4.36. The molecule has 1 saturated carbocycles. The Balaban J connectivity index is 2.35. The maximum absolute atomic E-state index is 11.9. The fourth-order valence-corrected chi connectivity index (χ4v) is 2.95. The molecule has 98 valence electrons. The average molecular weight is 249 g/mol. The van der Waals surface area contributed by atoms with E-state index in [4.69, 9.17) is 5.11 Å². The third kappa shape index (κ3) is 2.47. The molecule has 0 amide bonds. The van der Waals surface area contributed by atoms with Gasteiger partial charge in [0.25, 0.3) is 5.56 Å². The number of aromatic nitrogens is 1. The van der Waals surface area contributed by atoms with Gasteiger partial charge in [0.05, 0.1) is 5.56 Å². The zero-order valence-electron chi connectivity index (χ0n) is 10.8. The van der Waals surface area contributed by atoms with Crippen LogP contribution in [0.2, 0.25) is 0 Å². The van der Waals surface area contributed by atoms with E-state index in [-0.39, 0.29) is 17.2 Å². The van der Waals surface area contributed by atoms with Crippen LogP contribution in [0.4, 0.5) is 0 Å². The molecule has 4 heteroatoms. The lowest BCUT2D eigenvalue weighted by Gasteiger charge is -2.33. The molecule has 18 heavy (non-hydrogen) atoms. The van der Waals surface area contributed by atoms with Gasteiger partial charge in [-0.1, -0.05) is 13.8 Å². The monoisotopic (exact) mass is 249 g/mol. The summed E-state index contributed by atoms with van der Waals surface area (Å²) in [5.41, 5.74) is 0.0758. The Morgan fingerprint density at radius 3 is 2.67 bits per heavy atom. The first-order valence-electron chi connectivity index (χ1n) is 6.44. The SMILES string of the molecule is CC1CCC(n2cc(C(=O)O)ccc2=O)C(C)C1. The van der Waals surface area contributed by atoms with Gasteiger partial charge in [-0.15, -0.1) is 0 Å². The smallest absolute Gasteiger partial charge is 0.337 e. The highest BCUT2D eigenvalue weighted by Crippen LogP contribution is 2.35. The topological polar surface area (TPSA) is 59.3 Å². The number of rotatable bonds is 2. The van der Waals surface area contributed by atoms with Crippen molar-refractivity contribution in [3.63, 3.8) is 0 Å². The molecule has 0 radical (unpaired) electrons. The van der Waals surface area contributed by atoms with Gasteiger partial charge in [-0.25, -0.2) is 4.79 Å². The molecule has 1 fully saturated rings. The predicted molar refractivity (Wildman–Crippen MR) is 68.9 cm³/mol. The van der Waals surface area contributed by atoms with Crippen molar-refractivity contribution in [2.75, 3.05) is 0 Å². The summed E-state index contributed by atoms with van der Waals surface area (Å²) < 4.78 is 1.61. The van der Waals surface area contributed by atoms with Crippen LogP contribution in [0.3, 0.4) is 0 Å². The van der Waals surface area contributed by atoms with Gasteiger partial charge in [0.15, 0.2) is 0 Å². The molecule has 0 spiro atoms. The van der Waals surface area contributed by atoms with Gasteiger partial charge in [0.2, 0.25) is 0 Å². The van der Waals surface area contributed by atoms with Crippen molar-refractivity contribution in [1.82, 2.24) is 4.57 Å². The van der Waals surface area contributed by atoms with Crippen LogP contribution < -0.4 is 5.56 Å². The van der Waals surface area contributed by atoms with Crippen LogP contribution in [0.5, 0.6) is 0 Å². The number of hydrogen-bond acceptors (Lipinski definition) is 2. The molecule has 3 atom stereocenters. The summed E-state index contributed by atoms with van der Waals surface area (Å²) in [6.07, 6.45) is 4.63. The Morgan fingerprint density at radius 2 is 2.06 bits per heavy atom. The van der Waals surface area contributed by atoms with E-state index in [2.05, 4.69) is 13.8 Å². The van der Waals surface area contributed by atoms with E-state index >= 15 is 0 Å². The van der Waals surface area contributed by atoms with Crippen LogP contribution in [0.15, 0.2) is 23.1 Å². The molecule has 1 aliphatic rings. The first-order chi connectivity index (χ1) is 8.49. The molecule has 1 aromatic rings. The van der Waals surface area contributed by atoms with Crippen LogP contribution in [0.25, 0.3) is 0 Å². The third-order valence-corrected chi connectivity index (χ3v) is 3.93. The summed E-state index contributed by atoms with van der Waals surface area (Å²) in [5, 5.41) is 8.99. The lowest BCUT2D eigenvalue weighted by molar-refractivity contribution is 0.0695. The van der Waals surface area contributed by atoms with Crippen LogP contribution in [0, 0.1) is 11.8 Å². The Bertz CT molecular complexity index is 506. The Labute approximate surface area is 106 Å². The summed E-state index contributed by atoms with van der Waals surface area (Å²) in [4.78, 5) is 22.9. The summed E-state index contributed by atoms with van der Waals surface area (Å²) in [5.74, 6) is 0.116. The van der Waals surface area contributed by atoms with Gasteiger partial charge in [-0.05, 0) is 37.2 Å². The van der Waals surface area contributed by atoms with Crippen molar-refractivity contribution in [3.8, 4) is 0 Å². The van der Waals surface area contributed by atoms with Gasteiger partial charge < -0.3 is 9.67 Å². The van der Waals surface area contributed by atoms with Crippen molar-refractivity contribution >= 4 is 5.97 Å². The average Bonchev–Trinajstić information content (AvgIpc) is 2.30. The zero-order chi connectivity index (χ0) is 13.3. The van der Waals surface area contributed by atoms with Crippen LogP contribution in [-0.4, -0.2) is 15.6 Å². The molecular formula is C14H19NO3. The van der Waals surface area contributed by atoms with E-state index in [9.17, 15) is 9.59 Å². The second-order valence-corrected chi connectivity index (χ2v) is 5.43. The summed E-state index contributed by atoms with van der Waals surface area (Å²) in [6, 6.07) is 2.86. The van der Waals surface area contributed by atoms with Crippen LogP contribution in [-0.2, 0) is 0 Å². The normalized spacial score (nSPS) is 28.0. The molecule has 1 N–H and O–H groups in total. The van der Waals surface area contributed by atoms with Crippen molar-refractivity contribution < 1.29 is 9.90 Å². The maximum Gasteiger partial charge on any atom is 0.337 e. The number of nitrogens with zero attached hydrogens (tertiary/aromatic N) is 1. The minimum atomic E-state index is -0.986. The van der Waals surface area contributed by atoms with E-state index in [1.165, 1.54) is 18.3 Å². The lowest BCUT2D eigenvalue weighted by atomic mass is 9.79. The van der Waals surface area contributed by atoms with Crippen LogP contribution in [0.1, 0.15) is 49.5 Å². The largest absolute Gasteiger partial charge is 0.478 e. The highest BCUT2D eigenvalue weighted by atomic mass is 16.4. The number of carboxylic acids is 1. The lowest BCUT2D eigenvalue weighted by Crippen LogP contribution is -2.32. The maximum atomic E-state index is 11.9. The van der Waals surface area contributed by atoms with E-state index in [0.717, 1.165) is 19.3 Å². The highest BCUT2D eigenvalue weighted by Gasteiger charge is 2.27. The first-order valence-corrected chi connectivity index (χ1v) is 6.44. The second-order valence-electron chi connectivity index (χ2n) is 5.43. The zero-order valence-corrected chi connectivity index (χ0v) is 10.8. The molecule has 0 aliphatic heterocycles. The van der Waals surface area contributed by atoms with Gasteiger partial charge in [0, 0.05) is 18.3 Å². The minimum Gasteiger partial charge on any atom is -0.478 e. The van der Waals surface area contributed by atoms with E-state index < -0.39 is 5.97 Å². The van der Waals surface area contributed by atoms with Crippen molar-refractivity contribution in [3.05, 3.63) is 34.2 Å². The molecule has 0 saturated heterocycles. The number of carbonyl (C=O) groups is 1. The molecule has 4 nitrogen and oxygen atoms in total. The molecule has 3 unspecified atom stereocenters. The Hall–Kier alpha value is -1.58. The molecular weight excluding hydrogens is 230 g/mol. The summed E-state index contributed by atoms with van der Waals surface area (Å²) >= 11 is 0. The quantitative estimate of drug-likeness (QED) is 0.876. The standard InChI is InChI=1S/C14H19NO3/c1-9-3-5-12(10(2)7-9)15-8-11(14(17)18)4-6-13(15)16/h4,6,8-10,12H,3,5,7H2,1-2H3,(H,17,18). The molecule has 1 heterocycles. The number of pyridine rings is 1. The summed E-state index contributed by atoms with van der Waals surface area (Å²) in [7, 11) is 0.